The molecule has 6 heteroatoms. The van der Waals surface area contributed by atoms with Gasteiger partial charge in [0.1, 0.15) is 12.6 Å². The molecule has 2 heterocycles. The minimum atomic E-state index is -0.493. The molecule has 2 aromatic carbocycles. The first kappa shape index (κ1) is 17.3. The lowest BCUT2D eigenvalue weighted by Gasteiger charge is -2.33. The van der Waals surface area contributed by atoms with Gasteiger partial charge in [0.2, 0.25) is 5.91 Å². The zero-order valence-electron chi connectivity index (χ0n) is 14.9. The summed E-state index contributed by atoms with van der Waals surface area (Å²) in [5.74, 6) is -0.496. The van der Waals surface area contributed by atoms with Gasteiger partial charge < -0.3 is 19.9 Å². The zero-order valence-corrected chi connectivity index (χ0v) is 14.9. The van der Waals surface area contributed by atoms with Crippen LogP contribution in [-0.2, 0) is 16.1 Å². The monoisotopic (exact) mass is 363 g/mol. The summed E-state index contributed by atoms with van der Waals surface area (Å²) in [6.07, 6.45) is 1.55. The van der Waals surface area contributed by atoms with E-state index in [-0.39, 0.29) is 18.6 Å². The Hall–Kier alpha value is -3.12. The van der Waals surface area contributed by atoms with Crippen molar-refractivity contribution in [1.82, 2.24) is 9.47 Å². The molecule has 27 heavy (non-hydrogen) atoms. The molecule has 1 aromatic heterocycles. The average Bonchev–Trinajstić information content (AvgIpc) is 3.08. The fourth-order valence-electron chi connectivity index (χ4n) is 3.56. The van der Waals surface area contributed by atoms with E-state index < -0.39 is 5.91 Å². The van der Waals surface area contributed by atoms with Crippen molar-refractivity contribution in [3.63, 3.8) is 0 Å². The third-order valence-electron chi connectivity index (χ3n) is 4.95. The number of fused-ring (bicyclic) bond motifs is 1. The number of amides is 2. The summed E-state index contributed by atoms with van der Waals surface area (Å²) >= 11 is 0. The van der Waals surface area contributed by atoms with E-state index in [4.69, 9.17) is 10.5 Å². The standard InChI is InChI=1S/C21H21N3O3/c22-21(26)17-12-24(18-9-5-4-8-16(17)18)14-20(25)23-10-11-27-19(13-23)15-6-2-1-3-7-15/h1-9,12,19H,10-11,13-14H2,(H2,22,26)/t19-/m1/s1. The highest BCUT2D eigenvalue weighted by molar-refractivity contribution is 6.06. The molecule has 1 saturated heterocycles. The fraction of sp³-hybridized carbons (Fsp3) is 0.238. The van der Waals surface area contributed by atoms with Crippen LogP contribution in [0.4, 0.5) is 0 Å². The number of primary amides is 1. The number of hydrogen-bond acceptors (Lipinski definition) is 3. The quantitative estimate of drug-likeness (QED) is 0.773. The van der Waals surface area contributed by atoms with E-state index in [1.54, 1.807) is 10.8 Å². The minimum absolute atomic E-state index is 0.00370. The van der Waals surface area contributed by atoms with Crippen molar-refractivity contribution in [2.75, 3.05) is 19.7 Å². The number of rotatable bonds is 4. The maximum absolute atomic E-state index is 12.9. The lowest BCUT2D eigenvalue weighted by Crippen LogP contribution is -2.43. The van der Waals surface area contributed by atoms with Gasteiger partial charge in [0, 0.05) is 23.6 Å². The molecule has 1 atom stereocenters. The van der Waals surface area contributed by atoms with Gasteiger partial charge in [0.05, 0.1) is 18.7 Å². The Morgan fingerprint density at radius 1 is 1.07 bits per heavy atom. The van der Waals surface area contributed by atoms with E-state index in [0.29, 0.717) is 25.3 Å². The largest absolute Gasteiger partial charge is 0.370 e. The Balaban J connectivity index is 1.54. The molecular formula is C21H21N3O3. The molecule has 0 spiro atoms. The molecule has 0 bridgehead atoms. The number of nitrogens with zero attached hydrogens (tertiary/aromatic N) is 2. The maximum atomic E-state index is 12.9. The van der Waals surface area contributed by atoms with Gasteiger partial charge in [-0.3, -0.25) is 9.59 Å². The number of ether oxygens (including phenoxy) is 1. The van der Waals surface area contributed by atoms with E-state index in [0.717, 1.165) is 16.5 Å². The van der Waals surface area contributed by atoms with Crippen LogP contribution in [0.3, 0.4) is 0 Å². The molecule has 4 rings (SSSR count). The van der Waals surface area contributed by atoms with Crippen LogP contribution in [-0.4, -0.2) is 41.0 Å². The Labute approximate surface area is 157 Å². The van der Waals surface area contributed by atoms with Gasteiger partial charge in [-0.2, -0.15) is 0 Å². The second-order valence-electron chi connectivity index (χ2n) is 6.66. The van der Waals surface area contributed by atoms with E-state index in [1.807, 2.05) is 59.5 Å². The molecule has 0 radical (unpaired) electrons. The summed E-state index contributed by atoms with van der Waals surface area (Å²) in [6.45, 7) is 1.74. The Kier molecular flexibility index (Phi) is 4.64. The van der Waals surface area contributed by atoms with Crippen LogP contribution in [0.2, 0.25) is 0 Å². The van der Waals surface area contributed by atoms with Crippen LogP contribution in [0.1, 0.15) is 22.0 Å². The summed E-state index contributed by atoms with van der Waals surface area (Å²) in [4.78, 5) is 26.4. The summed E-state index contributed by atoms with van der Waals surface area (Å²) < 4.78 is 7.63. The predicted octanol–water partition coefficient (Wildman–Crippen LogP) is 2.34. The van der Waals surface area contributed by atoms with Crippen LogP contribution >= 0.6 is 0 Å². The fourth-order valence-corrected chi connectivity index (χ4v) is 3.56. The van der Waals surface area contributed by atoms with Crippen molar-refractivity contribution >= 4 is 22.7 Å². The van der Waals surface area contributed by atoms with Crippen LogP contribution in [0.25, 0.3) is 10.9 Å². The van der Waals surface area contributed by atoms with Crippen LogP contribution in [0.15, 0.2) is 60.8 Å². The molecule has 0 unspecified atom stereocenters. The van der Waals surface area contributed by atoms with Crippen molar-refractivity contribution in [3.05, 3.63) is 71.9 Å². The maximum Gasteiger partial charge on any atom is 0.250 e. The summed E-state index contributed by atoms with van der Waals surface area (Å²) in [5.41, 5.74) is 7.81. The van der Waals surface area contributed by atoms with Crippen molar-refractivity contribution < 1.29 is 14.3 Å². The number of benzene rings is 2. The molecule has 2 amide bonds. The number of aromatic nitrogens is 1. The topological polar surface area (TPSA) is 77.6 Å². The second kappa shape index (κ2) is 7.25. The Morgan fingerprint density at radius 3 is 2.59 bits per heavy atom. The van der Waals surface area contributed by atoms with Crippen LogP contribution in [0.5, 0.6) is 0 Å². The summed E-state index contributed by atoms with van der Waals surface area (Å²) in [6, 6.07) is 17.4. The van der Waals surface area contributed by atoms with Gasteiger partial charge >= 0.3 is 0 Å². The van der Waals surface area contributed by atoms with Gasteiger partial charge in [0.25, 0.3) is 5.91 Å². The SMILES string of the molecule is NC(=O)c1cn(CC(=O)N2CCO[C@@H](c3ccccc3)C2)c2ccccc12. The lowest BCUT2D eigenvalue weighted by molar-refractivity contribution is -0.139. The molecule has 0 saturated carbocycles. The molecule has 138 valence electrons. The van der Waals surface area contributed by atoms with Crippen molar-refractivity contribution in [2.45, 2.75) is 12.6 Å². The average molecular weight is 363 g/mol. The van der Waals surface area contributed by atoms with Gasteiger partial charge in [-0.15, -0.1) is 0 Å². The molecule has 0 aliphatic carbocycles. The lowest BCUT2D eigenvalue weighted by atomic mass is 10.1. The normalized spacial score (nSPS) is 17.2. The molecule has 1 fully saturated rings. The van der Waals surface area contributed by atoms with Crippen molar-refractivity contribution in [1.29, 1.82) is 0 Å². The second-order valence-corrected chi connectivity index (χ2v) is 6.66. The highest BCUT2D eigenvalue weighted by Gasteiger charge is 2.26. The van der Waals surface area contributed by atoms with Gasteiger partial charge in [0.15, 0.2) is 0 Å². The molecular weight excluding hydrogens is 342 g/mol. The molecule has 6 nitrogen and oxygen atoms in total. The third-order valence-corrected chi connectivity index (χ3v) is 4.95. The van der Waals surface area contributed by atoms with Gasteiger partial charge in [-0.25, -0.2) is 0 Å². The van der Waals surface area contributed by atoms with Crippen molar-refractivity contribution in [3.8, 4) is 0 Å². The third kappa shape index (κ3) is 3.44. The zero-order chi connectivity index (χ0) is 18.8. The summed E-state index contributed by atoms with van der Waals surface area (Å²) in [7, 11) is 0. The molecule has 2 N–H and O–H groups in total. The van der Waals surface area contributed by atoms with Crippen LogP contribution < -0.4 is 5.73 Å². The Bertz CT molecular complexity index is 981. The number of morpholine rings is 1. The van der Waals surface area contributed by atoms with E-state index >= 15 is 0 Å². The summed E-state index contributed by atoms with van der Waals surface area (Å²) in [5, 5.41) is 0.766. The number of hydrogen-bond donors (Lipinski definition) is 1. The predicted molar refractivity (Wildman–Crippen MR) is 102 cm³/mol. The highest BCUT2D eigenvalue weighted by Crippen LogP contribution is 2.24. The van der Waals surface area contributed by atoms with Gasteiger partial charge in [-0.05, 0) is 11.6 Å². The molecule has 1 aliphatic rings. The van der Waals surface area contributed by atoms with Gasteiger partial charge in [-0.1, -0.05) is 48.5 Å². The van der Waals surface area contributed by atoms with E-state index in [9.17, 15) is 9.59 Å². The van der Waals surface area contributed by atoms with E-state index in [2.05, 4.69) is 0 Å². The molecule has 3 aromatic rings. The van der Waals surface area contributed by atoms with E-state index in [1.165, 1.54) is 0 Å². The Morgan fingerprint density at radius 2 is 1.81 bits per heavy atom. The number of nitrogens with two attached hydrogens (primary N) is 1. The smallest absolute Gasteiger partial charge is 0.250 e. The minimum Gasteiger partial charge on any atom is -0.370 e. The van der Waals surface area contributed by atoms with Crippen molar-refractivity contribution in [2.24, 2.45) is 5.73 Å². The highest BCUT2D eigenvalue weighted by atomic mass is 16.5. The van der Waals surface area contributed by atoms with Crippen LogP contribution in [0, 0.1) is 0 Å². The number of carbonyl (C=O) groups is 2. The first-order chi connectivity index (χ1) is 13.1. The molecule has 1 aliphatic heterocycles. The number of para-hydroxylation sites is 1. The first-order valence-corrected chi connectivity index (χ1v) is 8.95. The first-order valence-electron chi connectivity index (χ1n) is 8.95. The number of carbonyl (C=O) groups excluding carboxylic acids is 2.